The van der Waals surface area contributed by atoms with E-state index in [9.17, 15) is 9.59 Å². The molecule has 0 amide bonds. The third-order valence-corrected chi connectivity index (χ3v) is 3.21. The van der Waals surface area contributed by atoms with Crippen molar-refractivity contribution in [3.05, 3.63) is 47.8 Å². The molecule has 1 aromatic carbocycles. The normalized spacial score (nSPS) is 12.2. The Morgan fingerprint density at radius 3 is 2.50 bits per heavy atom. The monoisotopic (exact) mass is 301 g/mol. The van der Waals surface area contributed by atoms with E-state index in [1.807, 2.05) is 44.2 Å². The van der Waals surface area contributed by atoms with Crippen LogP contribution in [-0.4, -0.2) is 33.4 Å². The highest BCUT2D eigenvalue weighted by Gasteiger charge is 2.27. The number of carbonyl (C=O) groups is 2. The van der Waals surface area contributed by atoms with Gasteiger partial charge in [-0.05, 0) is 12.5 Å². The molecule has 6 heteroatoms. The van der Waals surface area contributed by atoms with Crippen LogP contribution in [0.15, 0.2) is 36.5 Å². The first-order valence-electron chi connectivity index (χ1n) is 7.22. The number of ether oxygens (including phenoxy) is 1. The van der Waals surface area contributed by atoms with Gasteiger partial charge in [0.1, 0.15) is 6.04 Å². The SMILES string of the molecule is CCOC(=O)c1cn(C(C(=O)C(C)C)c2ccccc2)nn1. The van der Waals surface area contributed by atoms with E-state index in [2.05, 4.69) is 10.3 Å². The molecule has 2 rings (SSSR count). The van der Waals surface area contributed by atoms with Crippen LogP contribution in [0.4, 0.5) is 0 Å². The first kappa shape index (κ1) is 15.9. The zero-order valence-corrected chi connectivity index (χ0v) is 12.9. The molecule has 0 aliphatic heterocycles. The highest BCUT2D eigenvalue weighted by atomic mass is 16.5. The number of aromatic nitrogens is 3. The van der Waals surface area contributed by atoms with Crippen LogP contribution < -0.4 is 0 Å². The highest BCUT2D eigenvalue weighted by Crippen LogP contribution is 2.22. The standard InChI is InChI=1S/C16H19N3O3/c1-4-22-16(21)13-10-19(18-17-13)14(15(20)11(2)3)12-8-6-5-7-9-12/h5-11,14H,4H2,1-3H3. The summed E-state index contributed by atoms with van der Waals surface area (Å²) in [5.41, 5.74) is 0.904. The molecular formula is C16H19N3O3. The van der Waals surface area contributed by atoms with Crippen LogP contribution in [-0.2, 0) is 9.53 Å². The van der Waals surface area contributed by atoms with Crippen LogP contribution in [0, 0.1) is 5.92 Å². The van der Waals surface area contributed by atoms with E-state index in [1.54, 1.807) is 6.92 Å². The molecule has 1 aromatic heterocycles. The summed E-state index contributed by atoms with van der Waals surface area (Å²) in [5.74, 6) is -0.704. The van der Waals surface area contributed by atoms with Crippen molar-refractivity contribution in [2.75, 3.05) is 6.61 Å². The van der Waals surface area contributed by atoms with Crippen LogP contribution in [0.25, 0.3) is 0 Å². The summed E-state index contributed by atoms with van der Waals surface area (Å²) in [5, 5.41) is 7.75. The Kier molecular flexibility index (Phi) is 5.04. The minimum absolute atomic E-state index is 0.00603. The summed E-state index contributed by atoms with van der Waals surface area (Å²) in [4.78, 5) is 24.2. The average molecular weight is 301 g/mol. The third-order valence-electron chi connectivity index (χ3n) is 3.21. The molecule has 2 aromatic rings. The fraction of sp³-hybridized carbons (Fsp3) is 0.375. The largest absolute Gasteiger partial charge is 0.461 e. The Morgan fingerprint density at radius 1 is 1.23 bits per heavy atom. The number of Topliss-reactive ketones (excluding diaryl/α,β-unsaturated/α-hetero) is 1. The van der Waals surface area contributed by atoms with Crippen LogP contribution in [0.2, 0.25) is 0 Å². The Bertz CT molecular complexity index is 650. The van der Waals surface area contributed by atoms with Gasteiger partial charge in [0.2, 0.25) is 0 Å². The molecule has 0 spiro atoms. The van der Waals surface area contributed by atoms with Gasteiger partial charge in [0.05, 0.1) is 12.8 Å². The van der Waals surface area contributed by atoms with Crippen LogP contribution >= 0.6 is 0 Å². The third kappa shape index (κ3) is 3.39. The van der Waals surface area contributed by atoms with E-state index in [1.165, 1.54) is 10.9 Å². The summed E-state index contributed by atoms with van der Waals surface area (Å²) < 4.78 is 6.32. The Balaban J connectivity index is 2.38. The van der Waals surface area contributed by atoms with E-state index < -0.39 is 12.0 Å². The predicted molar refractivity (Wildman–Crippen MR) is 80.4 cm³/mol. The van der Waals surface area contributed by atoms with Gasteiger partial charge < -0.3 is 4.74 Å². The number of benzene rings is 1. The molecule has 1 unspecified atom stereocenters. The fourth-order valence-electron chi connectivity index (χ4n) is 2.10. The Labute approximate surface area is 129 Å². The van der Waals surface area contributed by atoms with Crippen molar-refractivity contribution in [2.24, 2.45) is 5.92 Å². The quantitative estimate of drug-likeness (QED) is 0.765. The molecule has 0 saturated carbocycles. The molecule has 1 atom stereocenters. The predicted octanol–water partition coefficient (Wildman–Crippen LogP) is 2.27. The van der Waals surface area contributed by atoms with Gasteiger partial charge in [-0.15, -0.1) is 5.10 Å². The van der Waals surface area contributed by atoms with Gasteiger partial charge in [0, 0.05) is 5.92 Å². The van der Waals surface area contributed by atoms with E-state index in [0.717, 1.165) is 5.56 Å². The summed E-state index contributed by atoms with van der Waals surface area (Å²) >= 11 is 0. The average Bonchev–Trinajstić information content (AvgIpc) is 2.98. The molecule has 0 fully saturated rings. The topological polar surface area (TPSA) is 74.1 Å². The van der Waals surface area contributed by atoms with Crippen LogP contribution in [0.1, 0.15) is 42.9 Å². The maximum absolute atomic E-state index is 12.5. The van der Waals surface area contributed by atoms with Crippen molar-refractivity contribution in [2.45, 2.75) is 26.8 Å². The molecule has 1 heterocycles. The van der Waals surface area contributed by atoms with Gasteiger partial charge in [-0.2, -0.15) is 0 Å². The lowest BCUT2D eigenvalue weighted by Gasteiger charge is -2.18. The van der Waals surface area contributed by atoms with Gasteiger partial charge in [-0.25, -0.2) is 9.48 Å². The van der Waals surface area contributed by atoms with Crippen LogP contribution in [0.5, 0.6) is 0 Å². The number of esters is 1. The van der Waals surface area contributed by atoms with Crippen molar-refractivity contribution >= 4 is 11.8 Å². The van der Waals surface area contributed by atoms with Crippen molar-refractivity contribution in [3.8, 4) is 0 Å². The molecule has 0 N–H and O–H groups in total. The maximum Gasteiger partial charge on any atom is 0.360 e. The molecule has 0 bridgehead atoms. The van der Waals surface area contributed by atoms with Gasteiger partial charge in [0.25, 0.3) is 0 Å². The van der Waals surface area contributed by atoms with Crippen LogP contribution in [0.3, 0.4) is 0 Å². The zero-order chi connectivity index (χ0) is 16.1. The molecular weight excluding hydrogens is 282 g/mol. The molecule has 0 aliphatic rings. The molecule has 22 heavy (non-hydrogen) atoms. The smallest absolute Gasteiger partial charge is 0.360 e. The fourth-order valence-corrected chi connectivity index (χ4v) is 2.10. The number of nitrogens with zero attached hydrogens (tertiary/aromatic N) is 3. The van der Waals surface area contributed by atoms with Gasteiger partial charge in [-0.1, -0.05) is 49.4 Å². The van der Waals surface area contributed by atoms with E-state index >= 15 is 0 Å². The lowest BCUT2D eigenvalue weighted by Crippen LogP contribution is -2.25. The summed E-state index contributed by atoms with van der Waals surface area (Å²) in [6.45, 7) is 5.65. The van der Waals surface area contributed by atoms with E-state index in [4.69, 9.17) is 4.74 Å². The van der Waals surface area contributed by atoms with Crippen molar-refractivity contribution in [1.29, 1.82) is 0 Å². The highest BCUT2D eigenvalue weighted by molar-refractivity contribution is 5.88. The second-order valence-corrected chi connectivity index (χ2v) is 5.17. The molecule has 6 nitrogen and oxygen atoms in total. The Hall–Kier alpha value is -2.50. The minimum atomic E-state index is -0.600. The van der Waals surface area contributed by atoms with Gasteiger partial charge in [-0.3, -0.25) is 4.79 Å². The first-order valence-corrected chi connectivity index (χ1v) is 7.22. The van der Waals surface area contributed by atoms with Crippen molar-refractivity contribution in [3.63, 3.8) is 0 Å². The number of carbonyl (C=O) groups excluding carboxylic acids is 2. The zero-order valence-electron chi connectivity index (χ0n) is 12.9. The molecule has 0 radical (unpaired) electrons. The van der Waals surface area contributed by atoms with E-state index in [0.29, 0.717) is 0 Å². The van der Waals surface area contributed by atoms with E-state index in [-0.39, 0.29) is 24.0 Å². The van der Waals surface area contributed by atoms with Gasteiger partial charge in [0.15, 0.2) is 11.5 Å². The maximum atomic E-state index is 12.5. The molecule has 0 aliphatic carbocycles. The first-order chi connectivity index (χ1) is 10.5. The summed E-state index contributed by atoms with van der Waals surface area (Å²) in [7, 11) is 0. The number of hydrogen-bond acceptors (Lipinski definition) is 5. The van der Waals surface area contributed by atoms with Gasteiger partial charge >= 0.3 is 5.97 Å². The number of rotatable bonds is 6. The minimum Gasteiger partial charge on any atom is -0.461 e. The second kappa shape index (κ2) is 6.98. The number of hydrogen-bond donors (Lipinski definition) is 0. The Morgan fingerprint density at radius 2 is 1.91 bits per heavy atom. The summed E-state index contributed by atoms with van der Waals surface area (Å²) in [6, 6.07) is 8.72. The van der Waals surface area contributed by atoms with Crippen molar-refractivity contribution < 1.29 is 14.3 Å². The molecule has 116 valence electrons. The summed E-state index contributed by atoms with van der Waals surface area (Å²) in [6.07, 6.45) is 1.45. The lowest BCUT2D eigenvalue weighted by atomic mass is 9.95. The number of ketones is 1. The lowest BCUT2D eigenvalue weighted by molar-refractivity contribution is -0.124. The molecule has 0 saturated heterocycles. The second-order valence-electron chi connectivity index (χ2n) is 5.17. The van der Waals surface area contributed by atoms with Crippen molar-refractivity contribution in [1.82, 2.24) is 15.0 Å².